The van der Waals surface area contributed by atoms with Gasteiger partial charge in [0.2, 0.25) is 5.91 Å². The zero-order chi connectivity index (χ0) is 18.0. The third-order valence-electron chi connectivity index (χ3n) is 3.47. The summed E-state index contributed by atoms with van der Waals surface area (Å²) >= 11 is 1.31. The maximum atomic E-state index is 13.3. The molecule has 1 amide bonds. The van der Waals surface area contributed by atoms with Gasteiger partial charge in [0, 0.05) is 0 Å². The van der Waals surface area contributed by atoms with E-state index in [2.05, 4.69) is 15.7 Å². The van der Waals surface area contributed by atoms with Gasteiger partial charge in [-0.3, -0.25) is 4.79 Å². The molecule has 7 nitrogen and oxygen atoms in total. The van der Waals surface area contributed by atoms with Crippen molar-refractivity contribution in [3.05, 3.63) is 63.4 Å². The first-order valence-electron chi connectivity index (χ1n) is 7.26. The van der Waals surface area contributed by atoms with E-state index in [0.29, 0.717) is 10.6 Å². The van der Waals surface area contributed by atoms with Gasteiger partial charge in [-0.2, -0.15) is 9.36 Å². The molecule has 0 aliphatic heterocycles. The average molecular weight is 365 g/mol. The number of nitrogens with zero attached hydrogens (tertiary/aromatic N) is 4. The molecule has 0 aliphatic rings. The van der Waals surface area contributed by atoms with Crippen LogP contribution in [0.5, 0.6) is 0 Å². The van der Waals surface area contributed by atoms with Gasteiger partial charge in [-0.15, -0.1) is 11.3 Å². The summed E-state index contributed by atoms with van der Waals surface area (Å²) in [6, 6.07) is 6.29. The summed E-state index contributed by atoms with van der Waals surface area (Å²) in [6.45, 7) is 1.29. The van der Waals surface area contributed by atoms with Gasteiger partial charge in [0.15, 0.2) is 11.6 Å². The highest BCUT2D eigenvalue weighted by Gasteiger charge is 2.16. The second-order valence-electron chi connectivity index (χ2n) is 5.24. The van der Waals surface area contributed by atoms with Crippen molar-refractivity contribution in [2.45, 2.75) is 19.5 Å². The Morgan fingerprint density at radius 3 is 2.76 bits per heavy atom. The Balaban J connectivity index is 1.68. The van der Waals surface area contributed by atoms with Crippen molar-refractivity contribution in [1.29, 1.82) is 0 Å². The lowest BCUT2D eigenvalue weighted by Crippen LogP contribution is -2.34. The molecule has 3 aromatic rings. The predicted molar refractivity (Wildman–Crippen MR) is 86.4 cm³/mol. The van der Waals surface area contributed by atoms with Crippen LogP contribution in [0.2, 0.25) is 0 Å². The largest absolute Gasteiger partial charge is 0.369 e. The number of amides is 1. The van der Waals surface area contributed by atoms with Gasteiger partial charge in [0.05, 0.1) is 6.04 Å². The lowest BCUT2D eigenvalue weighted by molar-refractivity contribution is -0.122. The Kier molecular flexibility index (Phi) is 4.70. The minimum atomic E-state index is -0.992. The number of thiophene rings is 1. The van der Waals surface area contributed by atoms with Crippen LogP contribution in [0.4, 0.5) is 8.78 Å². The highest BCUT2D eigenvalue weighted by molar-refractivity contribution is 7.12. The molecule has 0 saturated heterocycles. The van der Waals surface area contributed by atoms with Gasteiger partial charge >= 0.3 is 5.69 Å². The SMILES string of the molecule is CC(NC(=O)Cn1nnn(-c2cccs2)c1=O)c1ccc(F)c(F)c1. The number of carbonyl (C=O) groups is 1. The first-order valence-corrected chi connectivity index (χ1v) is 8.14. The van der Waals surface area contributed by atoms with Crippen molar-refractivity contribution in [3.63, 3.8) is 0 Å². The van der Waals surface area contributed by atoms with Crippen LogP contribution in [0.1, 0.15) is 18.5 Å². The summed E-state index contributed by atoms with van der Waals surface area (Å²) in [6.07, 6.45) is 0. The van der Waals surface area contributed by atoms with Crippen molar-refractivity contribution in [2.24, 2.45) is 0 Å². The Morgan fingerprint density at radius 2 is 2.08 bits per heavy atom. The van der Waals surface area contributed by atoms with Crippen molar-refractivity contribution in [3.8, 4) is 5.00 Å². The van der Waals surface area contributed by atoms with Gasteiger partial charge in [-0.1, -0.05) is 6.07 Å². The van der Waals surface area contributed by atoms with E-state index in [9.17, 15) is 18.4 Å². The summed E-state index contributed by atoms with van der Waals surface area (Å²) in [5.41, 5.74) is -0.139. The Morgan fingerprint density at radius 1 is 1.28 bits per heavy atom. The summed E-state index contributed by atoms with van der Waals surface area (Å²) < 4.78 is 28.2. The molecule has 130 valence electrons. The summed E-state index contributed by atoms with van der Waals surface area (Å²) in [4.78, 5) is 24.3. The van der Waals surface area contributed by atoms with E-state index >= 15 is 0 Å². The molecular formula is C15H13F2N5O2S. The molecule has 1 aromatic carbocycles. The third kappa shape index (κ3) is 3.63. The maximum Gasteiger partial charge on any atom is 0.369 e. The fourth-order valence-corrected chi connectivity index (χ4v) is 2.86. The van der Waals surface area contributed by atoms with Crippen LogP contribution in [0.15, 0.2) is 40.5 Å². The molecule has 10 heteroatoms. The molecule has 25 heavy (non-hydrogen) atoms. The van der Waals surface area contributed by atoms with E-state index in [1.165, 1.54) is 17.4 Å². The van der Waals surface area contributed by atoms with E-state index < -0.39 is 29.3 Å². The fraction of sp³-hybridized carbons (Fsp3) is 0.200. The molecule has 1 unspecified atom stereocenters. The number of hydrogen-bond donors (Lipinski definition) is 1. The molecule has 0 saturated carbocycles. The zero-order valence-electron chi connectivity index (χ0n) is 13.0. The van der Waals surface area contributed by atoms with Crippen molar-refractivity contribution >= 4 is 17.2 Å². The van der Waals surface area contributed by atoms with E-state index in [0.717, 1.165) is 21.5 Å². The molecule has 1 N–H and O–H groups in total. The Bertz CT molecular complexity index is 951. The van der Waals surface area contributed by atoms with E-state index in [4.69, 9.17) is 0 Å². The van der Waals surface area contributed by atoms with Gasteiger partial charge in [0.1, 0.15) is 11.5 Å². The van der Waals surface area contributed by atoms with Crippen LogP contribution in [0, 0.1) is 11.6 Å². The standard InChI is InChI=1S/C15H13F2N5O2S/c1-9(10-4-5-11(16)12(17)7-10)18-13(23)8-21-15(24)22(20-19-21)14-3-2-6-25-14/h2-7,9H,8H2,1H3,(H,18,23). The lowest BCUT2D eigenvalue weighted by atomic mass is 10.1. The molecular weight excluding hydrogens is 352 g/mol. The minimum absolute atomic E-state index is 0.335. The molecule has 0 aliphatic carbocycles. The quantitative estimate of drug-likeness (QED) is 0.745. The average Bonchev–Trinajstić information content (AvgIpc) is 3.20. The van der Waals surface area contributed by atoms with Gasteiger partial charge < -0.3 is 5.32 Å². The third-order valence-corrected chi connectivity index (χ3v) is 4.31. The molecule has 0 radical (unpaired) electrons. The van der Waals surface area contributed by atoms with Crippen LogP contribution in [-0.2, 0) is 11.3 Å². The Hall–Kier alpha value is -2.88. The van der Waals surface area contributed by atoms with Crippen LogP contribution in [-0.4, -0.2) is 25.7 Å². The van der Waals surface area contributed by atoms with E-state index in [1.54, 1.807) is 24.4 Å². The fourth-order valence-electron chi connectivity index (χ4n) is 2.19. The summed E-state index contributed by atoms with van der Waals surface area (Å²) in [5.74, 6) is -2.45. The maximum absolute atomic E-state index is 13.3. The topological polar surface area (TPSA) is 81.8 Å². The van der Waals surface area contributed by atoms with Crippen molar-refractivity contribution in [2.75, 3.05) is 0 Å². The number of hydrogen-bond acceptors (Lipinski definition) is 5. The van der Waals surface area contributed by atoms with Gasteiger partial charge in [0.25, 0.3) is 0 Å². The normalized spacial score (nSPS) is 12.1. The number of benzene rings is 1. The molecule has 0 spiro atoms. The van der Waals surface area contributed by atoms with Crippen LogP contribution < -0.4 is 11.0 Å². The van der Waals surface area contributed by atoms with Crippen LogP contribution >= 0.6 is 11.3 Å². The number of aromatic nitrogens is 4. The number of rotatable bonds is 5. The molecule has 1 atom stereocenters. The van der Waals surface area contributed by atoms with Crippen LogP contribution in [0.3, 0.4) is 0 Å². The number of tetrazole rings is 1. The number of nitrogens with one attached hydrogen (secondary N) is 1. The van der Waals surface area contributed by atoms with Gasteiger partial charge in [-0.25, -0.2) is 13.6 Å². The highest BCUT2D eigenvalue weighted by Crippen LogP contribution is 2.16. The van der Waals surface area contributed by atoms with E-state index in [-0.39, 0.29) is 6.54 Å². The monoisotopic (exact) mass is 365 g/mol. The van der Waals surface area contributed by atoms with Crippen LogP contribution in [0.25, 0.3) is 5.00 Å². The number of halogens is 2. The second-order valence-corrected chi connectivity index (χ2v) is 6.17. The molecule has 3 rings (SSSR count). The predicted octanol–water partition coefficient (Wildman–Crippen LogP) is 1.65. The summed E-state index contributed by atoms with van der Waals surface area (Å²) in [5, 5.41) is 12.4. The minimum Gasteiger partial charge on any atom is -0.348 e. The smallest absolute Gasteiger partial charge is 0.348 e. The first-order chi connectivity index (χ1) is 12.0. The summed E-state index contributed by atoms with van der Waals surface area (Å²) in [7, 11) is 0. The first kappa shape index (κ1) is 17.0. The molecule has 2 heterocycles. The van der Waals surface area contributed by atoms with E-state index in [1.807, 2.05) is 0 Å². The molecule has 0 fully saturated rings. The Labute approximate surface area is 144 Å². The zero-order valence-corrected chi connectivity index (χ0v) is 13.8. The second kappa shape index (κ2) is 6.93. The number of carbonyl (C=O) groups excluding carboxylic acids is 1. The van der Waals surface area contributed by atoms with Crippen molar-refractivity contribution < 1.29 is 13.6 Å². The van der Waals surface area contributed by atoms with Crippen molar-refractivity contribution in [1.82, 2.24) is 25.1 Å². The molecule has 2 aromatic heterocycles. The highest BCUT2D eigenvalue weighted by atomic mass is 32.1. The van der Waals surface area contributed by atoms with Gasteiger partial charge in [-0.05, 0) is 52.6 Å². The molecule has 0 bridgehead atoms. The lowest BCUT2D eigenvalue weighted by Gasteiger charge is -2.14.